The fourth-order valence-electron chi connectivity index (χ4n) is 5.10. The van der Waals surface area contributed by atoms with E-state index in [-0.39, 0.29) is 19.0 Å². The Labute approximate surface area is 234 Å². The number of rotatable bonds is 13. The maximum Gasteiger partial charge on any atom is 0.414 e. The van der Waals surface area contributed by atoms with Gasteiger partial charge in [-0.25, -0.2) is 4.79 Å². The molecule has 0 radical (unpaired) electrons. The molecule has 39 heavy (non-hydrogen) atoms. The van der Waals surface area contributed by atoms with Gasteiger partial charge in [-0.05, 0) is 61.8 Å². The Bertz CT molecular complexity index is 1010. The maximum atomic E-state index is 12.6. The van der Waals surface area contributed by atoms with Crippen LogP contribution in [0.1, 0.15) is 76.5 Å². The predicted molar refractivity (Wildman–Crippen MR) is 155 cm³/mol. The van der Waals surface area contributed by atoms with E-state index >= 15 is 0 Å². The van der Waals surface area contributed by atoms with Crippen LogP contribution < -0.4 is 4.90 Å². The largest absolute Gasteiger partial charge is 0.444 e. The van der Waals surface area contributed by atoms with E-state index in [0.717, 1.165) is 100 Å². The van der Waals surface area contributed by atoms with E-state index in [1.165, 1.54) is 0 Å². The van der Waals surface area contributed by atoms with E-state index in [4.69, 9.17) is 19.2 Å². The molecule has 0 saturated carbocycles. The van der Waals surface area contributed by atoms with E-state index in [1.54, 1.807) is 4.90 Å². The highest BCUT2D eigenvalue weighted by molar-refractivity contribution is 5.74. The number of amides is 1. The molecule has 1 aromatic heterocycles. The van der Waals surface area contributed by atoms with Gasteiger partial charge < -0.3 is 19.1 Å². The van der Waals surface area contributed by atoms with E-state index in [2.05, 4.69) is 30.9 Å². The molecule has 2 aliphatic rings. The monoisotopic (exact) mass is 535 g/mol. The van der Waals surface area contributed by atoms with Crippen molar-refractivity contribution >= 4 is 17.4 Å². The van der Waals surface area contributed by atoms with Gasteiger partial charge in [-0.15, -0.1) is 0 Å². The minimum atomic E-state index is -0.314. The van der Waals surface area contributed by atoms with Crippen LogP contribution in [0.15, 0.2) is 54.9 Å². The molecule has 0 N–H and O–H groups in total. The molecule has 212 valence electrons. The number of aromatic nitrogens is 1. The molecule has 1 aromatic carbocycles. The van der Waals surface area contributed by atoms with Crippen molar-refractivity contribution in [2.24, 2.45) is 5.92 Å². The summed E-state index contributed by atoms with van der Waals surface area (Å²) in [5.74, 6) is 0.433. The number of carbonyl (C=O) groups excluding carboxylic acids is 1. The highest BCUT2D eigenvalue weighted by atomic mass is 16.7. The number of pyridine rings is 1. The van der Waals surface area contributed by atoms with Crippen LogP contribution in [0.4, 0.5) is 10.5 Å². The fourth-order valence-corrected chi connectivity index (χ4v) is 5.10. The third-order valence-corrected chi connectivity index (χ3v) is 7.52. The van der Waals surface area contributed by atoms with Crippen LogP contribution in [0.3, 0.4) is 0 Å². The first-order valence-electron chi connectivity index (χ1n) is 14.8. The van der Waals surface area contributed by atoms with Gasteiger partial charge in [-0.2, -0.15) is 0 Å². The molecule has 4 rings (SSSR count). The second-order valence-corrected chi connectivity index (χ2v) is 10.5. The van der Waals surface area contributed by atoms with Gasteiger partial charge in [0.1, 0.15) is 6.61 Å². The van der Waals surface area contributed by atoms with Gasteiger partial charge in [0, 0.05) is 45.0 Å². The molecule has 0 atom stereocenters. The topological polar surface area (TPSA) is 64.1 Å². The number of ether oxygens (including phenoxy) is 3. The molecule has 0 spiro atoms. The van der Waals surface area contributed by atoms with Gasteiger partial charge in [0.05, 0.1) is 17.6 Å². The van der Waals surface area contributed by atoms with Crippen LogP contribution >= 0.6 is 0 Å². The number of hydrogen-bond acceptors (Lipinski definition) is 6. The molecular weight excluding hydrogens is 490 g/mol. The molecule has 7 heteroatoms. The van der Waals surface area contributed by atoms with E-state index in [0.29, 0.717) is 12.5 Å². The summed E-state index contributed by atoms with van der Waals surface area (Å²) < 4.78 is 17.8. The fraction of sp³-hybridized carbons (Fsp3) is 0.562. The molecule has 2 aromatic rings. The van der Waals surface area contributed by atoms with Crippen LogP contribution in [0.2, 0.25) is 0 Å². The third-order valence-electron chi connectivity index (χ3n) is 7.52. The summed E-state index contributed by atoms with van der Waals surface area (Å²) >= 11 is 0. The predicted octanol–water partition coefficient (Wildman–Crippen LogP) is 7.03. The summed E-state index contributed by atoms with van der Waals surface area (Å²) in [6, 6.07) is 14.0. The molecule has 0 unspecified atom stereocenters. The van der Waals surface area contributed by atoms with Gasteiger partial charge in [0.25, 0.3) is 0 Å². The molecule has 7 nitrogen and oxygen atoms in total. The van der Waals surface area contributed by atoms with Crippen molar-refractivity contribution in [3.8, 4) is 0 Å². The quantitative estimate of drug-likeness (QED) is 0.203. The van der Waals surface area contributed by atoms with Crippen molar-refractivity contribution in [1.29, 1.82) is 0 Å². The Morgan fingerprint density at radius 3 is 2.33 bits per heavy atom. The lowest BCUT2D eigenvalue weighted by Crippen LogP contribution is -2.40. The second-order valence-electron chi connectivity index (χ2n) is 10.5. The molecule has 1 saturated heterocycles. The number of unbranched alkanes of at least 4 members (excludes halogenated alkanes) is 2. The second kappa shape index (κ2) is 15.6. The molecule has 1 amide bonds. The van der Waals surface area contributed by atoms with Crippen LogP contribution in [-0.2, 0) is 20.8 Å². The lowest BCUT2D eigenvalue weighted by atomic mass is 9.95. The Hall–Kier alpha value is -2.90. The lowest BCUT2D eigenvalue weighted by molar-refractivity contribution is -0.177. The van der Waals surface area contributed by atoms with E-state index in [1.807, 2.05) is 42.7 Å². The SMILES string of the molecule is CCCCOC(OCCCC)C1CCN(c2ccc(C3=CN(C(=O)OCc4ccccc4)CCC3)nc2)CC1. The van der Waals surface area contributed by atoms with Crippen molar-refractivity contribution < 1.29 is 19.0 Å². The number of hydrogen-bond donors (Lipinski definition) is 0. The maximum absolute atomic E-state index is 12.6. The number of carbonyl (C=O) groups is 1. The highest BCUT2D eigenvalue weighted by Crippen LogP contribution is 2.29. The summed E-state index contributed by atoms with van der Waals surface area (Å²) in [4.78, 5) is 21.5. The van der Waals surface area contributed by atoms with E-state index < -0.39 is 0 Å². The van der Waals surface area contributed by atoms with Gasteiger partial charge in [-0.1, -0.05) is 57.0 Å². The standard InChI is InChI=1S/C32H45N3O4/c1-3-5-21-37-31(38-22-6-4-2)27-16-19-34(20-17-27)29-14-15-30(33-23-29)28-13-10-18-35(24-28)32(36)39-25-26-11-8-7-9-12-26/h7-9,11-12,14-15,23-24,27,31H,3-6,10,13,16-22,25H2,1-2H3. The molecule has 3 heterocycles. The van der Waals surface area contributed by atoms with Crippen LogP contribution in [-0.4, -0.2) is 55.1 Å². The number of anilines is 1. The summed E-state index contributed by atoms with van der Waals surface area (Å²) in [5.41, 5.74) is 4.11. The average Bonchev–Trinajstić information content (AvgIpc) is 3.00. The Morgan fingerprint density at radius 2 is 1.69 bits per heavy atom. The molecular formula is C32H45N3O4. The lowest BCUT2D eigenvalue weighted by Gasteiger charge is -2.37. The molecule has 1 fully saturated rings. The molecule has 0 bridgehead atoms. The van der Waals surface area contributed by atoms with E-state index in [9.17, 15) is 4.79 Å². The smallest absolute Gasteiger partial charge is 0.414 e. The van der Waals surface area contributed by atoms with Gasteiger partial charge in [0.2, 0.25) is 0 Å². The molecule has 2 aliphatic heterocycles. The zero-order chi connectivity index (χ0) is 27.3. The first-order chi connectivity index (χ1) is 19.2. The van der Waals surface area contributed by atoms with Crippen molar-refractivity contribution in [2.75, 3.05) is 37.7 Å². The van der Waals surface area contributed by atoms with Gasteiger partial charge in [-0.3, -0.25) is 9.88 Å². The van der Waals surface area contributed by atoms with Gasteiger partial charge in [0.15, 0.2) is 6.29 Å². The van der Waals surface area contributed by atoms with Gasteiger partial charge >= 0.3 is 6.09 Å². The summed E-state index contributed by atoms with van der Waals surface area (Å²) in [7, 11) is 0. The average molecular weight is 536 g/mol. The van der Waals surface area contributed by atoms with Crippen LogP contribution in [0, 0.1) is 5.92 Å². The Balaban J connectivity index is 1.29. The normalized spacial score (nSPS) is 16.4. The summed E-state index contributed by atoms with van der Waals surface area (Å²) in [6.07, 6.45) is 11.8. The summed E-state index contributed by atoms with van der Waals surface area (Å²) in [5, 5.41) is 0. The Kier molecular flexibility index (Phi) is 11.7. The zero-order valence-corrected chi connectivity index (χ0v) is 23.7. The Morgan fingerprint density at radius 1 is 0.974 bits per heavy atom. The number of benzene rings is 1. The minimum absolute atomic E-state index is 0.0914. The zero-order valence-electron chi connectivity index (χ0n) is 23.7. The van der Waals surface area contributed by atoms with Crippen molar-refractivity contribution in [3.63, 3.8) is 0 Å². The first kappa shape index (κ1) is 29.1. The highest BCUT2D eigenvalue weighted by Gasteiger charge is 2.28. The number of allylic oxidation sites excluding steroid dienone is 1. The summed E-state index contributed by atoms with van der Waals surface area (Å²) in [6.45, 7) is 8.81. The minimum Gasteiger partial charge on any atom is -0.444 e. The van der Waals surface area contributed by atoms with Crippen molar-refractivity contribution in [1.82, 2.24) is 9.88 Å². The van der Waals surface area contributed by atoms with Crippen LogP contribution in [0.5, 0.6) is 0 Å². The van der Waals surface area contributed by atoms with Crippen LogP contribution in [0.25, 0.3) is 5.57 Å². The first-order valence-corrected chi connectivity index (χ1v) is 14.8. The third kappa shape index (κ3) is 8.80. The number of piperidine rings is 1. The van der Waals surface area contributed by atoms with Crippen molar-refractivity contribution in [3.05, 3.63) is 66.1 Å². The molecule has 0 aliphatic carbocycles. The number of nitrogens with zero attached hydrogens (tertiary/aromatic N) is 3. The van der Waals surface area contributed by atoms with Crippen molar-refractivity contribution in [2.45, 2.75) is 78.1 Å².